The summed E-state index contributed by atoms with van der Waals surface area (Å²) in [5.74, 6) is 3.85. The van der Waals surface area contributed by atoms with E-state index in [2.05, 4.69) is 15.1 Å². The largest absolute Gasteiger partial charge is 0.382 e. The van der Waals surface area contributed by atoms with Gasteiger partial charge in [-0.15, -0.1) is 10.2 Å². The van der Waals surface area contributed by atoms with E-state index < -0.39 is 0 Å². The highest BCUT2D eigenvalue weighted by molar-refractivity contribution is 7.99. The molecule has 14 heavy (non-hydrogen) atoms. The van der Waals surface area contributed by atoms with Crippen LogP contribution in [-0.4, -0.2) is 34.8 Å². The summed E-state index contributed by atoms with van der Waals surface area (Å²) in [6.45, 7) is 2.13. The number of hydrogen-bond donors (Lipinski definition) is 1. The number of anilines is 2. The van der Waals surface area contributed by atoms with Crippen molar-refractivity contribution in [3.63, 3.8) is 0 Å². The molecule has 0 spiro atoms. The number of nitrogens with zero attached hydrogens (tertiary/aromatic N) is 3. The topological polar surface area (TPSA) is 55.0 Å². The van der Waals surface area contributed by atoms with Crippen molar-refractivity contribution in [3.05, 3.63) is 12.1 Å². The van der Waals surface area contributed by atoms with Crippen LogP contribution in [0, 0.1) is 0 Å². The highest BCUT2D eigenvalue weighted by Gasteiger charge is 2.10. The van der Waals surface area contributed by atoms with Gasteiger partial charge in [0.15, 0.2) is 5.82 Å². The third kappa shape index (κ3) is 2.29. The van der Waals surface area contributed by atoms with Gasteiger partial charge in [0, 0.05) is 18.8 Å². The van der Waals surface area contributed by atoms with Crippen molar-refractivity contribution in [2.45, 2.75) is 6.42 Å². The average molecular weight is 210 g/mol. The van der Waals surface area contributed by atoms with E-state index in [9.17, 15) is 0 Å². The maximum Gasteiger partial charge on any atom is 0.151 e. The molecule has 2 heterocycles. The second-order valence-electron chi connectivity index (χ2n) is 3.27. The Hall–Kier alpha value is -0.970. The van der Waals surface area contributed by atoms with E-state index in [1.165, 1.54) is 17.9 Å². The molecule has 1 fully saturated rings. The van der Waals surface area contributed by atoms with Gasteiger partial charge < -0.3 is 10.6 Å². The van der Waals surface area contributed by atoms with Crippen LogP contribution in [0.4, 0.5) is 11.6 Å². The number of hydrogen-bond acceptors (Lipinski definition) is 5. The highest BCUT2D eigenvalue weighted by atomic mass is 32.2. The summed E-state index contributed by atoms with van der Waals surface area (Å²) in [7, 11) is 0. The summed E-state index contributed by atoms with van der Waals surface area (Å²) in [5.41, 5.74) is 5.49. The second kappa shape index (κ2) is 4.50. The lowest BCUT2D eigenvalue weighted by Gasteiger charge is -2.19. The number of aromatic nitrogens is 2. The zero-order chi connectivity index (χ0) is 9.80. The van der Waals surface area contributed by atoms with Crippen LogP contribution in [0.1, 0.15) is 6.42 Å². The molecule has 2 N–H and O–H groups in total. The molecular formula is C9H14N4S. The van der Waals surface area contributed by atoms with Gasteiger partial charge in [0.05, 0.1) is 0 Å². The van der Waals surface area contributed by atoms with Crippen molar-refractivity contribution >= 4 is 23.4 Å². The Labute approximate surface area is 87.9 Å². The highest BCUT2D eigenvalue weighted by Crippen LogP contribution is 2.16. The lowest BCUT2D eigenvalue weighted by atomic mass is 10.4. The van der Waals surface area contributed by atoms with Crippen LogP contribution in [0.25, 0.3) is 0 Å². The zero-order valence-corrected chi connectivity index (χ0v) is 8.83. The molecular weight excluding hydrogens is 196 g/mol. The van der Waals surface area contributed by atoms with Crippen molar-refractivity contribution in [2.75, 3.05) is 35.2 Å². The Morgan fingerprint density at radius 3 is 2.93 bits per heavy atom. The fraction of sp³-hybridized carbons (Fsp3) is 0.556. The molecule has 0 radical (unpaired) electrons. The van der Waals surface area contributed by atoms with Gasteiger partial charge in [-0.2, -0.15) is 11.8 Å². The van der Waals surface area contributed by atoms with Crippen LogP contribution < -0.4 is 10.6 Å². The first-order valence-electron chi connectivity index (χ1n) is 4.78. The van der Waals surface area contributed by atoms with Crippen LogP contribution in [0.5, 0.6) is 0 Å². The molecule has 1 aliphatic rings. The summed E-state index contributed by atoms with van der Waals surface area (Å²) in [5, 5.41) is 7.95. The van der Waals surface area contributed by atoms with Crippen LogP contribution >= 0.6 is 11.8 Å². The number of rotatable bonds is 1. The normalized spacial score (nSPS) is 17.9. The number of thioether (sulfide) groups is 1. The predicted molar refractivity (Wildman–Crippen MR) is 60.6 cm³/mol. The fourth-order valence-corrected chi connectivity index (χ4v) is 2.37. The quantitative estimate of drug-likeness (QED) is 0.749. The van der Waals surface area contributed by atoms with Crippen molar-refractivity contribution in [3.8, 4) is 0 Å². The summed E-state index contributed by atoms with van der Waals surface area (Å²) >= 11 is 2.00. The van der Waals surface area contributed by atoms with Gasteiger partial charge >= 0.3 is 0 Å². The summed E-state index contributed by atoms with van der Waals surface area (Å²) in [6, 6.07) is 3.75. The minimum atomic E-state index is 0.484. The maximum absolute atomic E-state index is 5.49. The van der Waals surface area contributed by atoms with Gasteiger partial charge in [0.2, 0.25) is 0 Å². The number of nitrogens with two attached hydrogens (primary N) is 1. The van der Waals surface area contributed by atoms with E-state index in [-0.39, 0.29) is 0 Å². The van der Waals surface area contributed by atoms with E-state index >= 15 is 0 Å². The van der Waals surface area contributed by atoms with Gasteiger partial charge in [0.25, 0.3) is 0 Å². The third-order valence-corrected chi connectivity index (χ3v) is 3.27. The van der Waals surface area contributed by atoms with E-state index in [1.54, 1.807) is 6.07 Å². The molecule has 0 amide bonds. The Morgan fingerprint density at radius 1 is 1.21 bits per heavy atom. The van der Waals surface area contributed by atoms with Gasteiger partial charge in [-0.05, 0) is 24.3 Å². The maximum atomic E-state index is 5.49. The molecule has 0 saturated carbocycles. The molecule has 0 bridgehead atoms. The van der Waals surface area contributed by atoms with Crippen LogP contribution in [0.15, 0.2) is 12.1 Å². The van der Waals surface area contributed by atoms with E-state index in [0.29, 0.717) is 5.82 Å². The predicted octanol–water partition coefficient (Wildman–Crippen LogP) is 1.00. The lowest BCUT2D eigenvalue weighted by Crippen LogP contribution is -2.26. The molecule has 1 aliphatic heterocycles. The first-order valence-corrected chi connectivity index (χ1v) is 5.93. The molecule has 0 aromatic carbocycles. The van der Waals surface area contributed by atoms with Gasteiger partial charge in [-0.3, -0.25) is 0 Å². The molecule has 5 heteroatoms. The Morgan fingerprint density at radius 2 is 2.14 bits per heavy atom. The Kier molecular flexibility index (Phi) is 3.08. The minimum absolute atomic E-state index is 0.484. The van der Waals surface area contributed by atoms with Crippen molar-refractivity contribution < 1.29 is 0 Å². The summed E-state index contributed by atoms with van der Waals surface area (Å²) < 4.78 is 0. The smallest absolute Gasteiger partial charge is 0.151 e. The Bertz CT molecular complexity index is 279. The monoisotopic (exact) mass is 210 g/mol. The molecule has 1 aromatic rings. The lowest BCUT2D eigenvalue weighted by molar-refractivity contribution is 0.788. The molecule has 1 aromatic heterocycles. The second-order valence-corrected chi connectivity index (χ2v) is 4.49. The standard InChI is InChI=1S/C9H14N4S/c10-8-2-3-9(12-11-8)13-4-1-6-14-7-5-13/h2-3H,1,4-7H2,(H2,10,11). The zero-order valence-electron chi connectivity index (χ0n) is 8.02. The van der Waals surface area contributed by atoms with Crippen LogP contribution in [-0.2, 0) is 0 Å². The van der Waals surface area contributed by atoms with E-state index in [0.717, 1.165) is 18.9 Å². The van der Waals surface area contributed by atoms with Crippen molar-refractivity contribution in [2.24, 2.45) is 0 Å². The van der Waals surface area contributed by atoms with Crippen molar-refractivity contribution in [1.29, 1.82) is 0 Å². The molecule has 4 nitrogen and oxygen atoms in total. The Balaban J connectivity index is 2.08. The van der Waals surface area contributed by atoms with E-state index in [1.807, 2.05) is 17.8 Å². The van der Waals surface area contributed by atoms with Gasteiger partial charge in [-0.25, -0.2) is 0 Å². The fourth-order valence-electron chi connectivity index (χ4n) is 1.48. The SMILES string of the molecule is Nc1ccc(N2CCCSCC2)nn1. The van der Waals surface area contributed by atoms with Gasteiger partial charge in [0.1, 0.15) is 5.82 Å². The third-order valence-electron chi connectivity index (χ3n) is 2.22. The molecule has 76 valence electrons. The molecule has 0 aliphatic carbocycles. The first kappa shape index (κ1) is 9.58. The summed E-state index contributed by atoms with van der Waals surface area (Å²) in [6.07, 6.45) is 1.22. The van der Waals surface area contributed by atoms with Crippen LogP contribution in [0.3, 0.4) is 0 Å². The van der Waals surface area contributed by atoms with Crippen LogP contribution in [0.2, 0.25) is 0 Å². The molecule has 0 atom stereocenters. The first-order chi connectivity index (χ1) is 6.86. The minimum Gasteiger partial charge on any atom is -0.382 e. The van der Waals surface area contributed by atoms with Gasteiger partial charge in [-0.1, -0.05) is 0 Å². The molecule has 2 rings (SSSR count). The van der Waals surface area contributed by atoms with E-state index in [4.69, 9.17) is 5.73 Å². The number of nitrogen functional groups attached to an aromatic ring is 1. The average Bonchev–Trinajstić information content (AvgIpc) is 2.47. The molecule has 0 unspecified atom stereocenters. The summed E-state index contributed by atoms with van der Waals surface area (Å²) in [4.78, 5) is 2.27. The molecule has 1 saturated heterocycles. The van der Waals surface area contributed by atoms with Crippen molar-refractivity contribution in [1.82, 2.24) is 10.2 Å².